The number of hydrogen-bond acceptors (Lipinski definition) is 5. The molecule has 2 heterocycles. The Morgan fingerprint density at radius 1 is 1.22 bits per heavy atom. The zero-order chi connectivity index (χ0) is 28.9. The van der Waals surface area contributed by atoms with Gasteiger partial charge < -0.3 is 20.1 Å². The zero-order valence-corrected chi connectivity index (χ0v) is 24.4. The number of nitrogens with one attached hydrogen (secondary N) is 2. The molecule has 1 aliphatic heterocycles. The molecule has 2 aliphatic rings. The molecule has 1 aromatic heterocycles. The van der Waals surface area contributed by atoms with Crippen molar-refractivity contribution >= 4 is 11.7 Å². The number of hydrogen-bond donors (Lipinski definition) is 2. The van der Waals surface area contributed by atoms with Crippen LogP contribution in [0.4, 0.5) is 14.6 Å². The van der Waals surface area contributed by atoms with Crippen molar-refractivity contribution in [3.8, 4) is 5.69 Å². The van der Waals surface area contributed by atoms with E-state index in [1.54, 1.807) is 6.33 Å². The summed E-state index contributed by atoms with van der Waals surface area (Å²) in [5.41, 5.74) is 3.51. The number of piperidine rings is 1. The topological polar surface area (TPSA) is 65.4 Å². The summed E-state index contributed by atoms with van der Waals surface area (Å²) in [7, 11) is 4.38. The van der Waals surface area contributed by atoms with Gasteiger partial charge in [-0.3, -0.25) is 9.69 Å². The van der Waals surface area contributed by atoms with Crippen LogP contribution in [0.2, 0.25) is 0 Å². The maximum Gasteiger partial charge on any atom is 0.242 e. The fourth-order valence-electron chi connectivity index (χ4n) is 6.32. The molecule has 0 bridgehead atoms. The minimum Gasteiger partial charge on any atom is -0.308 e. The number of likely N-dealkylation sites (N-methyl/N-ethyl adjacent to an activating group) is 2. The maximum absolute atomic E-state index is 14.4. The van der Waals surface area contributed by atoms with E-state index in [-0.39, 0.29) is 11.9 Å². The van der Waals surface area contributed by atoms with Crippen LogP contribution < -0.4 is 10.6 Å². The number of anilines is 1. The summed E-state index contributed by atoms with van der Waals surface area (Å²) in [5, 5.41) is 6.44. The second kappa shape index (κ2) is 13.2. The highest BCUT2D eigenvalue weighted by Gasteiger charge is 2.27. The lowest BCUT2D eigenvalue weighted by Gasteiger charge is -2.36. The maximum atomic E-state index is 14.4. The Hall–Kier alpha value is -3.14. The molecule has 1 fully saturated rings. The highest BCUT2D eigenvalue weighted by molar-refractivity contribution is 5.94. The molecule has 1 saturated heterocycles. The third-order valence-electron chi connectivity index (χ3n) is 8.54. The van der Waals surface area contributed by atoms with Crippen molar-refractivity contribution in [3.63, 3.8) is 0 Å². The van der Waals surface area contributed by atoms with Crippen LogP contribution in [-0.2, 0) is 24.2 Å². The van der Waals surface area contributed by atoms with E-state index in [4.69, 9.17) is 0 Å². The summed E-state index contributed by atoms with van der Waals surface area (Å²) in [6.45, 7) is 5.10. The molecule has 1 amide bonds. The van der Waals surface area contributed by atoms with E-state index in [0.29, 0.717) is 36.7 Å². The lowest BCUT2D eigenvalue weighted by molar-refractivity contribution is -0.118. The van der Waals surface area contributed by atoms with Gasteiger partial charge in [-0.15, -0.1) is 0 Å². The van der Waals surface area contributed by atoms with E-state index in [1.807, 2.05) is 23.8 Å². The van der Waals surface area contributed by atoms with Gasteiger partial charge in [0.2, 0.25) is 5.91 Å². The van der Waals surface area contributed by atoms with E-state index < -0.39 is 17.7 Å². The number of para-hydroxylation sites is 1. The SMILES string of the molecule is CCC[C@H](NC1CCc2cc(F)cc(F)c2C1)C(=O)Nc1cn(-c2ccccc2CN(C)C2CCCN(C)C2)cn1. The van der Waals surface area contributed by atoms with Gasteiger partial charge in [0.25, 0.3) is 0 Å². The number of aryl methyl sites for hydroxylation is 1. The molecule has 5 rings (SSSR count). The van der Waals surface area contributed by atoms with Crippen molar-refractivity contribution in [2.24, 2.45) is 0 Å². The monoisotopic (exact) mass is 564 g/mol. The fraction of sp³-hybridized carbons (Fsp3) is 0.500. The van der Waals surface area contributed by atoms with Crippen molar-refractivity contribution < 1.29 is 13.6 Å². The number of rotatable bonds is 10. The van der Waals surface area contributed by atoms with Crippen molar-refractivity contribution in [2.75, 3.05) is 32.5 Å². The van der Waals surface area contributed by atoms with Gasteiger partial charge in [0.05, 0.1) is 17.9 Å². The van der Waals surface area contributed by atoms with E-state index in [9.17, 15) is 13.6 Å². The summed E-state index contributed by atoms with van der Waals surface area (Å²) in [6, 6.07) is 10.7. The highest BCUT2D eigenvalue weighted by Crippen LogP contribution is 2.26. The Morgan fingerprint density at radius 3 is 2.85 bits per heavy atom. The van der Waals surface area contributed by atoms with E-state index in [2.05, 4.69) is 57.7 Å². The Balaban J connectivity index is 1.23. The van der Waals surface area contributed by atoms with E-state index >= 15 is 0 Å². The highest BCUT2D eigenvalue weighted by atomic mass is 19.1. The number of benzene rings is 2. The molecule has 3 atom stereocenters. The van der Waals surface area contributed by atoms with Crippen LogP contribution in [0.3, 0.4) is 0 Å². The van der Waals surface area contributed by atoms with E-state index in [0.717, 1.165) is 49.8 Å². The zero-order valence-electron chi connectivity index (χ0n) is 24.4. The first-order chi connectivity index (χ1) is 19.8. The largest absolute Gasteiger partial charge is 0.308 e. The summed E-state index contributed by atoms with van der Waals surface area (Å²) in [5.74, 6) is -0.712. The molecule has 220 valence electrons. The molecular formula is C32H42F2N6O. The van der Waals surface area contributed by atoms with Gasteiger partial charge >= 0.3 is 0 Å². The Bertz CT molecular complexity index is 1340. The summed E-state index contributed by atoms with van der Waals surface area (Å²) in [4.78, 5) is 22.7. The molecule has 7 nitrogen and oxygen atoms in total. The van der Waals surface area contributed by atoms with Crippen molar-refractivity contribution in [2.45, 2.75) is 76.5 Å². The normalized spacial score (nSPS) is 20.1. The van der Waals surface area contributed by atoms with Crippen LogP contribution in [0.25, 0.3) is 5.69 Å². The van der Waals surface area contributed by atoms with Crippen LogP contribution in [0.5, 0.6) is 0 Å². The fourth-order valence-corrected chi connectivity index (χ4v) is 6.32. The molecule has 2 unspecified atom stereocenters. The van der Waals surface area contributed by atoms with Crippen LogP contribution >= 0.6 is 0 Å². The molecule has 2 aromatic carbocycles. The first kappa shape index (κ1) is 29.4. The molecule has 3 aromatic rings. The Morgan fingerprint density at radius 2 is 2.05 bits per heavy atom. The number of amides is 1. The molecule has 1 aliphatic carbocycles. The molecule has 41 heavy (non-hydrogen) atoms. The molecule has 0 saturated carbocycles. The summed E-state index contributed by atoms with van der Waals surface area (Å²) in [6.07, 6.45) is 9.23. The third-order valence-corrected chi connectivity index (χ3v) is 8.54. The quantitative estimate of drug-likeness (QED) is 0.366. The summed E-state index contributed by atoms with van der Waals surface area (Å²) < 4.78 is 30.0. The van der Waals surface area contributed by atoms with Crippen LogP contribution in [-0.4, -0.2) is 70.6 Å². The standard InChI is InChI=1S/C32H42F2N6O/c1-4-8-29(36-25-13-12-22-15-24(33)16-28(34)27(22)17-25)32(41)37-31-20-40(21-35-31)30-11-6-5-9-23(30)18-39(3)26-10-7-14-38(2)19-26/h5-6,9,11,15-16,20-21,25-26,29,36H,4,7-8,10,12-14,17-19H2,1-3H3,(H,37,41)/t25?,26?,29-/m0/s1. The van der Waals surface area contributed by atoms with Gasteiger partial charge in [-0.1, -0.05) is 31.5 Å². The number of carbonyl (C=O) groups excluding carboxylic acids is 1. The number of nitrogens with zero attached hydrogens (tertiary/aromatic N) is 4. The number of aromatic nitrogens is 2. The van der Waals surface area contributed by atoms with Crippen LogP contribution in [0.15, 0.2) is 48.9 Å². The van der Waals surface area contributed by atoms with Gasteiger partial charge in [-0.05, 0) is 88.0 Å². The van der Waals surface area contributed by atoms with E-state index in [1.165, 1.54) is 24.5 Å². The van der Waals surface area contributed by atoms with Crippen molar-refractivity contribution in [1.29, 1.82) is 0 Å². The lowest BCUT2D eigenvalue weighted by Crippen LogP contribution is -2.48. The first-order valence-electron chi connectivity index (χ1n) is 14.9. The first-order valence-corrected chi connectivity index (χ1v) is 14.9. The van der Waals surface area contributed by atoms with Gasteiger partial charge in [0.15, 0.2) is 5.82 Å². The molecule has 0 spiro atoms. The molecule has 2 N–H and O–H groups in total. The average Bonchev–Trinajstić information content (AvgIpc) is 3.41. The second-order valence-electron chi connectivity index (χ2n) is 11.7. The Kier molecular flexibility index (Phi) is 9.47. The van der Waals surface area contributed by atoms with Crippen molar-refractivity contribution in [3.05, 3.63) is 77.2 Å². The predicted octanol–water partition coefficient (Wildman–Crippen LogP) is 4.93. The van der Waals surface area contributed by atoms with Gasteiger partial charge in [0.1, 0.15) is 18.0 Å². The lowest BCUT2D eigenvalue weighted by atomic mass is 9.87. The molecular weight excluding hydrogens is 522 g/mol. The number of halogens is 2. The van der Waals surface area contributed by atoms with Gasteiger partial charge in [-0.2, -0.15) is 0 Å². The minimum absolute atomic E-state index is 0.0601. The van der Waals surface area contributed by atoms with Gasteiger partial charge in [-0.25, -0.2) is 13.8 Å². The summed E-state index contributed by atoms with van der Waals surface area (Å²) >= 11 is 0. The minimum atomic E-state index is -0.540. The van der Waals surface area contributed by atoms with Gasteiger partial charge in [0, 0.05) is 31.2 Å². The average molecular weight is 565 g/mol. The van der Waals surface area contributed by atoms with Crippen LogP contribution in [0, 0.1) is 11.6 Å². The third kappa shape index (κ3) is 7.20. The number of likely N-dealkylation sites (tertiary alicyclic amines) is 1. The molecule has 9 heteroatoms. The van der Waals surface area contributed by atoms with Crippen molar-refractivity contribution in [1.82, 2.24) is 24.7 Å². The molecule has 0 radical (unpaired) electrons. The predicted molar refractivity (Wildman–Crippen MR) is 158 cm³/mol. The number of carbonyl (C=O) groups is 1. The second-order valence-corrected chi connectivity index (χ2v) is 11.7. The number of imidazole rings is 1. The number of fused-ring (bicyclic) bond motifs is 1. The Labute approximate surface area is 241 Å². The smallest absolute Gasteiger partial charge is 0.242 e. The van der Waals surface area contributed by atoms with Crippen LogP contribution in [0.1, 0.15) is 55.7 Å².